The quantitative estimate of drug-likeness (QED) is 0.891. The fraction of sp³-hybridized carbons (Fsp3) is 0.526. The van der Waals surface area contributed by atoms with Crippen molar-refractivity contribution < 1.29 is 9.53 Å². The number of aromatic amines is 1. The fourth-order valence-electron chi connectivity index (χ4n) is 3.35. The number of fused-ring (bicyclic) bond motifs is 1. The van der Waals surface area contributed by atoms with Crippen molar-refractivity contribution in [2.75, 3.05) is 18.0 Å². The minimum absolute atomic E-state index is 0.0113. The molecule has 0 saturated carbocycles. The Kier molecular flexibility index (Phi) is 4.64. The third kappa shape index (κ3) is 3.38. The summed E-state index contributed by atoms with van der Waals surface area (Å²) < 4.78 is 5.56. The van der Waals surface area contributed by atoms with Crippen molar-refractivity contribution in [3.8, 4) is 0 Å². The molecule has 2 aromatic rings. The van der Waals surface area contributed by atoms with Crippen LogP contribution in [0.5, 0.6) is 0 Å². The van der Waals surface area contributed by atoms with E-state index in [1.54, 1.807) is 17.3 Å². The van der Waals surface area contributed by atoms with E-state index >= 15 is 0 Å². The number of piperazine rings is 1. The van der Waals surface area contributed by atoms with Crippen LogP contribution in [-0.2, 0) is 4.74 Å². The molecule has 2 aromatic heterocycles. The van der Waals surface area contributed by atoms with Crippen LogP contribution in [0, 0.1) is 0 Å². The van der Waals surface area contributed by atoms with Crippen molar-refractivity contribution in [3.05, 3.63) is 24.7 Å². The zero-order valence-electron chi connectivity index (χ0n) is 16.1. The zero-order chi connectivity index (χ0) is 19.1. The lowest BCUT2D eigenvalue weighted by atomic mass is 10.1. The maximum Gasteiger partial charge on any atom is 0.410 e. The molecule has 1 saturated heterocycles. The van der Waals surface area contributed by atoms with Crippen molar-refractivity contribution in [1.82, 2.24) is 19.9 Å². The van der Waals surface area contributed by atoms with Gasteiger partial charge >= 0.3 is 6.09 Å². The monoisotopic (exact) mass is 357 g/mol. The lowest BCUT2D eigenvalue weighted by Crippen LogP contribution is -2.59. The van der Waals surface area contributed by atoms with Crippen LogP contribution in [0.3, 0.4) is 0 Å². The summed E-state index contributed by atoms with van der Waals surface area (Å²) in [6, 6.07) is 0.113. The van der Waals surface area contributed by atoms with Crippen LogP contribution >= 0.6 is 0 Å². The number of ether oxygens (including phenoxy) is 1. The number of aromatic nitrogens is 3. The summed E-state index contributed by atoms with van der Waals surface area (Å²) in [6.07, 6.45) is 4.99. The van der Waals surface area contributed by atoms with Gasteiger partial charge in [-0.05, 0) is 34.6 Å². The molecular formula is C19H27N5O2. The summed E-state index contributed by atoms with van der Waals surface area (Å²) in [5.74, 6) is 0.870. The van der Waals surface area contributed by atoms with E-state index in [1.807, 2.05) is 33.9 Å². The van der Waals surface area contributed by atoms with Crippen LogP contribution in [0.25, 0.3) is 17.1 Å². The van der Waals surface area contributed by atoms with Crippen molar-refractivity contribution >= 4 is 29.0 Å². The molecule has 1 aliphatic rings. The zero-order valence-corrected chi connectivity index (χ0v) is 16.1. The highest BCUT2D eigenvalue weighted by atomic mass is 16.6. The summed E-state index contributed by atoms with van der Waals surface area (Å²) in [5, 5.41) is 0.965. The van der Waals surface area contributed by atoms with Gasteiger partial charge in [0.25, 0.3) is 0 Å². The lowest BCUT2D eigenvalue weighted by molar-refractivity contribution is 0.0130. The smallest absolute Gasteiger partial charge is 0.410 e. The van der Waals surface area contributed by atoms with Crippen molar-refractivity contribution in [3.63, 3.8) is 0 Å². The molecule has 3 heterocycles. The Hall–Kier alpha value is -2.57. The first kappa shape index (κ1) is 18.2. The number of amides is 1. The molecule has 26 heavy (non-hydrogen) atoms. The minimum atomic E-state index is -0.500. The van der Waals surface area contributed by atoms with E-state index in [1.165, 1.54) is 0 Å². The number of hydrogen-bond acceptors (Lipinski definition) is 5. The molecule has 2 atom stereocenters. The van der Waals surface area contributed by atoms with Crippen molar-refractivity contribution in [2.24, 2.45) is 0 Å². The van der Waals surface area contributed by atoms with E-state index in [4.69, 9.17) is 4.74 Å². The number of nitrogens with one attached hydrogen (secondary N) is 1. The standard InChI is InChI=1S/C19H27N5O2/c1-7-14-8-20-16-15(14)17(22-11-21-16)23-9-13(3)24(10-12(23)2)18(25)26-19(4,5)6/h7-8,11-13H,1,9-10H2,2-6H3,(H,20,21,22)/t12?,13-/m0/s1. The SMILES string of the molecule is C=Cc1c[nH]c2ncnc(N3C[C@H](C)N(C(=O)OC(C)(C)C)CC3C)c12. The normalized spacial score (nSPS) is 21.1. The Morgan fingerprint density at radius 2 is 2.04 bits per heavy atom. The average Bonchev–Trinajstić information content (AvgIpc) is 2.98. The van der Waals surface area contributed by atoms with Crippen LogP contribution in [0.1, 0.15) is 40.2 Å². The Morgan fingerprint density at radius 1 is 1.31 bits per heavy atom. The highest BCUT2D eigenvalue weighted by Crippen LogP contribution is 2.31. The predicted molar refractivity (Wildman–Crippen MR) is 103 cm³/mol. The fourth-order valence-corrected chi connectivity index (χ4v) is 3.35. The second-order valence-electron chi connectivity index (χ2n) is 7.85. The van der Waals surface area contributed by atoms with E-state index in [0.29, 0.717) is 13.1 Å². The molecule has 0 bridgehead atoms. The van der Waals surface area contributed by atoms with Gasteiger partial charge in [0.05, 0.1) is 5.39 Å². The first-order chi connectivity index (χ1) is 12.2. The van der Waals surface area contributed by atoms with Gasteiger partial charge in [0, 0.05) is 36.9 Å². The van der Waals surface area contributed by atoms with Gasteiger partial charge in [-0.2, -0.15) is 0 Å². The van der Waals surface area contributed by atoms with Gasteiger partial charge in [0.1, 0.15) is 23.4 Å². The molecule has 3 rings (SSSR count). The summed E-state index contributed by atoms with van der Waals surface area (Å²) in [5.41, 5.74) is 1.27. The van der Waals surface area contributed by atoms with E-state index in [-0.39, 0.29) is 18.2 Å². The van der Waals surface area contributed by atoms with Gasteiger partial charge in [-0.25, -0.2) is 14.8 Å². The average molecular weight is 357 g/mol. The summed E-state index contributed by atoms with van der Waals surface area (Å²) in [4.78, 5) is 28.6. The van der Waals surface area contributed by atoms with Crippen LogP contribution in [0.4, 0.5) is 10.6 Å². The van der Waals surface area contributed by atoms with Gasteiger partial charge in [-0.1, -0.05) is 12.7 Å². The van der Waals surface area contributed by atoms with Crippen LogP contribution in [0.15, 0.2) is 19.1 Å². The van der Waals surface area contributed by atoms with Gasteiger partial charge in [0.2, 0.25) is 0 Å². The van der Waals surface area contributed by atoms with Gasteiger partial charge in [-0.15, -0.1) is 0 Å². The molecule has 0 spiro atoms. The lowest BCUT2D eigenvalue weighted by Gasteiger charge is -2.44. The van der Waals surface area contributed by atoms with Crippen LogP contribution in [0.2, 0.25) is 0 Å². The molecule has 1 aliphatic heterocycles. The van der Waals surface area contributed by atoms with Crippen molar-refractivity contribution in [1.29, 1.82) is 0 Å². The molecule has 7 heteroatoms. The number of anilines is 1. The maximum atomic E-state index is 12.5. The van der Waals surface area contributed by atoms with Crippen LogP contribution < -0.4 is 4.90 Å². The van der Waals surface area contributed by atoms with Gasteiger partial charge in [-0.3, -0.25) is 0 Å². The molecule has 0 radical (unpaired) electrons. The molecule has 0 aromatic carbocycles. The first-order valence-electron chi connectivity index (χ1n) is 8.92. The number of H-pyrrole nitrogens is 1. The second-order valence-corrected chi connectivity index (χ2v) is 7.85. The number of carbonyl (C=O) groups excluding carboxylic acids is 1. The molecule has 1 amide bonds. The number of carbonyl (C=O) groups is 1. The Labute approximate surface area is 154 Å². The largest absolute Gasteiger partial charge is 0.444 e. The van der Waals surface area contributed by atoms with E-state index in [2.05, 4.69) is 33.4 Å². The van der Waals surface area contributed by atoms with E-state index in [9.17, 15) is 4.79 Å². The Balaban J connectivity index is 1.88. The minimum Gasteiger partial charge on any atom is -0.444 e. The molecule has 1 N–H and O–H groups in total. The summed E-state index contributed by atoms with van der Waals surface area (Å²) >= 11 is 0. The molecule has 1 unspecified atom stereocenters. The molecule has 1 fully saturated rings. The third-order valence-corrected chi connectivity index (χ3v) is 4.59. The molecular weight excluding hydrogens is 330 g/mol. The summed E-state index contributed by atoms with van der Waals surface area (Å²) in [7, 11) is 0. The molecule has 0 aliphatic carbocycles. The topological polar surface area (TPSA) is 74.4 Å². The van der Waals surface area contributed by atoms with Gasteiger partial charge < -0.3 is 19.5 Å². The van der Waals surface area contributed by atoms with Crippen LogP contribution in [-0.4, -0.2) is 56.7 Å². The highest BCUT2D eigenvalue weighted by molar-refractivity contribution is 5.95. The number of rotatable bonds is 2. The first-order valence-corrected chi connectivity index (χ1v) is 8.92. The number of nitrogens with zero attached hydrogens (tertiary/aromatic N) is 4. The third-order valence-electron chi connectivity index (χ3n) is 4.59. The molecule has 140 valence electrons. The molecule has 7 nitrogen and oxygen atoms in total. The Morgan fingerprint density at radius 3 is 2.69 bits per heavy atom. The second kappa shape index (κ2) is 6.63. The van der Waals surface area contributed by atoms with Crippen molar-refractivity contribution in [2.45, 2.75) is 52.3 Å². The maximum absolute atomic E-state index is 12.5. The Bertz CT molecular complexity index is 823. The predicted octanol–water partition coefficient (Wildman–Crippen LogP) is 3.44. The van der Waals surface area contributed by atoms with Gasteiger partial charge in [0.15, 0.2) is 0 Å². The summed E-state index contributed by atoms with van der Waals surface area (Å²) in [6.45, 7) is 14.9. The van der Waals surface area contributed by atoms with E-state index < -0.39 is 5.60 Å². The highest BCUT2D eigenvalue weighted by Gasteiger charge is 2.35. The van der Waals surface area contributed by atoms with E-state index in [0.717, 1.165) is 22.4 Å². The number of hydrogen-bond donors (Lipinski definition) is 1.